The molecule has 1 unspecified atom stereocenters. The zero-order chi connectivity index (χ0) is 22.3. The number of halogens is 5. The van der Waals surface area contributed by atoms with Crippen molar-refractivity contribution in [1.82, 2.24) is 9.97 Å². The van der Waals surface area contributed by atoms with Crippen LogP contribution in [0.5, 0.6) is 0 Å². The molecule has 1 atom stereocenters. The monoisotopic (exact) mass is 453 g/mol. The molecule has 2 N–H and O–H groups in total. The molecule has 0 saturated heterocycles. The molecule has 9 heteroatoms. The van der Waals surface area contributed by atoms with Crippen LogP contribution in [0.4, 0.5) is 23.2 Å². The van der Waals surface area contributed by atoms with E-state index in [0.29, 0.717) is 41.5 Å². The van der Waals surface area contributed by atoms with Gasteiger partial charge < -0.3 is 10.4 Å². The minimum Gasteiger partial charge on any atom is -0.380 e. The van der Waals surface area contributed by atoms with E-state index in [9.17, 15) is 22.7 Å². The molecule has 1 aliphatic rings. The Bertz CT molecular complexity index is 1100. The Balaban J connectivity index is 1.66. The van der Waals surface area contributed by atoms with Crippen LogP contribution in [-0.4, -0.2) is 33.4 Å². The van der Waals surface area contributed by atoms with Gasteiger partial charge in [0.1, 0.15) is 11.3 Å². The van der Waals surface area contributed by atoms with Gasteiger partial charge in [-0.25, -0.2) is 4.39 Å². The fourth-order valence-corrected chi connectivity index (χ4v) is 4.57. The first kappa shape index (κ1) is 21.8. The lowest BCUT2D eigenvalue weighted by Gasteiger charge is -2.48. The molecule has 1 saturated carbocycles. The number of hydrogen-bond acceptors (Lipinski definition) is 4. The van der Waals surface area contributed by atoms with Gasteiger partial charge in [-0.3, -0.25) is 9.97 Å². The van der Waals surface area contributed by atoms with Gasteiger partial charge >= 0.3 is 6.18 Å². The molecule has 4 nitrogen and oxygen atoms in total. The maximum absolute atomic E-state index is 14.1. The van der Waals surface area contributed by atoms with E-state index in [-0.39, 0.29) is 5.02 Å². The lowest BCUT2D eigenvalue weighted by molar-refractivity contribution is -0.263. The fourth-order valence-electron chi connectivity index (χ4n) is 4.25. The number of nitrogens with zero attached hydrogens (tertiary/aromatic N) is 2. The van der Waals surface area contributed by atoms with Crippen LogP contribution in [0, 0.1) is 5.82 Å². The van der Waals surface area contributed by atoms with E-state index in [1.807, 2.05) is 0 Å². The van der Waals surface area contributed by atoms with Crippen molar-refractivity contribution in [2.75, 3.05) is 11.9 Å². The van der Waals surface area contributed by atoms with Gasteiger partial charge in [0.2, 0.25) is 0 Å². The Labute approximate surface area is 181 Å². The van der Waals surface area contributed by atoms with Crippen molar-refractivity contribution in [2.24, 2.45) is 0 Å². The molecule has 164 valence electrons. The van der Waals surface area contributed by atoms with Crippen LogP contribution in [0.15, 0.2) is 48.8 Å². The molecule has 0 bridgehead atoms. The first-order valence-electron chi connectivity index (χ1n) is 9.82. The van der Waals surface area contributed by atoms with E-state index in [1.54, 1.807) is 18.2 Å². The SMILES string of the molecule is OC(CNc1cccc2nccnc12)(CC1(c2cc(F)ccc2Cl)CCC1)C(F)(F)F. The zero-order valence-corrected chi connectivity index (χ0v) is 17.1. The van der Waals surface area contributed by atoms with E-state index in [1.165, 1.54) is 24.5 Å². The Morgan fingerprint density at radius 1 is 1.10 bits per heavy atom. The van der Waals surface area contributed by atoms with Crippen LogP contribution in [0.1, 0.15) is 31.2 Å². The summed E-state index contributed by atoms with van der Waals surface area (Å²) in [6.07, 6.45) is -1.18. The minimum absolute atomic E-state index is 0.197. The van der Waals surface area contributed by atoms with Crippen LogP contribution >= 0.6 is 11.6 Å². The van der Waals surface area contributed by atoms with Crippen LogP contribution in [0.2, 0.25) is 5.02 Å². The Kier molecular flexibility index (Phi) is 5.55. The summed E-state index contributed by atoms with van der Waals surface area (Å²) in [7, 11) is 0. The predicted octanol–water partition coefficient (Wildman–Crippen LogP) is 5.64. The van der Waals surface area contributed by atoms with Gasteiger partial charge in [-0.2, -0.15) is 13.2 Å². The number of fused-ring (bicyclic) bond motifs is 1. The second-order valence-corrected chi connectivity index (χ2v) is 8.45. The molecular weight excluding hydrogens is 434 g/mol. The maximum Gasteiger partial charge on any atom is 0.418 e. The number of alkyl halides is 3. The number of anilines is 1. The van der Waals surface area contributed by atoms with Crippen LogP contribution in [-0.2, 0) is 5.41 Å². The normalized spacial score (nSPS) is 17.7. The van der Waals surface area contributed by atoms with E-state index < -0.39 is 36.0 Å². The van der Waals surface area contributed by atoms with E-state index in [2.05, 4.69) is 15.3 Å². The molecule has 0 amide bonds. The fraction of sp³-hybridized carbons (Fsp3) is 0.364. The summed E-state index contributed by atoms with van der Waals surface area (Å²) in [4.78, 5) is 8.30. The molecule has 0 spiro atoms. The molecule has 0 aliphatic heterocycles. The van der Waals surface area contributed by atoms with Crippen molar-refractivity contribution in [3.63, 3.8) is 0 Å². The standard InChI is InChI=1S/C22H20ClF4N3O/c23-16-6-5-14(24)11-15(16)20(7-2-8-20)12-21(31,22(25,26)27)13-30-18-4-1-3-17-19(18)29-10-9-28-17/h1,3-6,9-11,30-31H,2,7-8,12-13H2. The third kappa shape index (κ3) is 4.06. The van der Waals surface area contributed by atoms with Crippen molar-refractivity contribution >= 4 is 28.3 Å². The first-order chi connectivity index (χ1) is 14.6. The number of para-hydroxylation sites is 1. The highest BCUT2D eigenvalue weighted by atomic mass is 35.5. The molecule has 2 aromatic carbocycles. The van der Waals surface area contributed by atoms with Gasteiger partial charge in [-0.05, 0) is 55.2 Å². The summed E-state index contributed by atoms with van der Waals surface area (Å²) in [5.41, 5.74) is -2.55. The van der Waals surface area contributed by atoms with E-state index in [0.717, 1.165) is 6.07 Å². The Morgan fingerprint density at radius 2 is 1.84 bits per heavy atom. The molecule has 1 fully saturated rings. The second kappa shape index (κ2) is 7.91. The van der Waals surface area contributed by atoms with Gasteiger partial charge in [0.05, 0.1) is 17.7 Å². The highest BCUT2D eigenvalue weighted by Gasteiger charge is 2.59. The van der Waals surface area contributed by atoms with Crippen LogP contribution in [0.25, 0.3) is 11.0 Å². The zero-order valence-electron chi connectivity index (χ0n) is 16.4. The van der Waals surface area contributed by atoms with Gasteiger partial charge in [-0.1, -0.05) is 24.1 Å². The van der Waals surface area contributed by atoms with E-state index in [4.69, 9.17) is 11.6 Å². The lowest BCUT2D eigenvalue weighted by Crippen LogP contribution is -2.56. The number of benzene rings is 2. The number of nitrogens with one attached hydrogen (secondary N) is 1. The van der Waals surface area contributed by atoms with Crippen molar-refractivity contribution < 1.29 is 22.7 Å². The van der Waals surface area contributed by atoms with Crippen molar-refractivity contribution in [3.8, 4) is 0 Å². The molecule has 31 heavy (non-hydrogen) atoms. The summed E-state index contributed by atoms with van der Waals surface area (Å²) < 4.78 is 56.1. The van der Waals surface area contributed by atoms with Crippen molar-refractivity contribution in [2.45, 2.75) is 42.9 Å². The average Bonchev–Trinajstić information content (AvgIpc) is 2.70. The second-order valence-electron chi connectivity index (χ2n) is 8.05. The topological polar surface area (TPSA) is 58.0 Å². The summed E-state index contributed by atoms with van der Waals surface area (Å²) in [6.45, 7) is -0.791. The highest BCUT2D eigenvalue weighted by molar-refractivity contribution is 6.31. The Hall–Kier alpha value is -2.45. The molecular formula is C22H20ClF4N3O. The molecule has 0 radical (unpaired) electrons. The Morgan fingerprint density at radius 3 is 2.52 bits per heavy atom. The van der Waals surface area contributed by atoms with Crippen LogP contribution in [0.3, 0.4) is 0 Å². The molecule has 1 heterocycles. The summed E-state index contributed by atoms with van der Waals surface area (Å²) in [5.74, 6) is -0.575. The van der Waals surface area contributed by atoms with Gasteiger partial charge in [0.25, 0.3) is 0 Å². The summed E-state index contributed by atoms with van der Waals surface area (Å²) in [5, 5.41) is 13.7. The third-order valence-electron chi connectivity index (χ3n) is 6.04. The van der Waals surface area contributed by atoms with Gasteiger partial charge in [-0.15, -0.1) is 0 Å². The number of rotatable bonds is 6. The molecule has 1 aliphatic carbocycles. The maximum atomic E-state index is 14.1. The van der Waals surface area contributed by atoms with Gasteiger partial charge in [0, 0.05) is 22.8 Å². The number of aliphatic hydroxyl groups is 1. The minimum atomic E-state index is -4.92. The smallest absolute Gasteiger partial charge is 0.380 e. The van der Waals surface area contributed by atoms with Crippen LogP contribution < -0.4 is 5.32 Å². The summed E-state index contributed by atoms with van der Waals surface area (Å²) in [6, 6.07) is 8.59. The van der Waals surface area contributed by atoms with Crippen molar-refractivity contribution in [1.29, 1.82) is 0 Å². The lowest BCUT2D eigenvalue weighted by atomic mass is 9.59. The van der Waals surface area contributed by atoms with Gasteiger partial charge in [0.15, 0.2) is 5.60 Å². The van der Waals surface area contributed by atoms with Crippen molar-refractivity contribution in [3.05, 3.63) is 65.2 Å². The first-order valence-corrected chi connectivity index (χ1v) is 10.2. The quantitative estimate of drug-likeness (QED) is 0.474. The predicted molar refractivity (Wildman–Crippen MR) is 111 cm³/mol. The number of aromatic nitrogens is 2. The molecule has 4 rings (SSSR count). The summed E-state index contributed by atoms with van der Waals surface area (Å²) >= 11 is 6.21. The molecule has 3 aromatic rings. The molecule has 1 aromatic heterocycles. The van der Waals surface area contributed by atoms with E-state index >= 15 is 0 Å². The third-order valence-corrected chi connectivity index (χ3v) is 6.37. The largest absolute Gasteiger partial charge is 0.418 e. The number of hydrogen-bond donors (Lipinski definition) is 2. The highest BCUT2D eigenvalue weighted by Crippen LogP contribution is 2.53. The average molecular weight is 454 g/mol.